The van der Waals surface area contributed by atoms with E-state index >= 15 is 0 Å². The number of fused-ring (bicyclic) bond motifs is 2. The number of hydrogen-bond donors (Lipinski definition) is 1. The predicted octanol–water partition coefficient (Wildman–Crippen LogP) is 2.79. The number of piperazine rings is 1. The Hall–Kier alpha value is -2.38. The summed E-state index contributed by atoms with van der Waals surface area (Å²) in [7, 11) is -3.32. The summed E-state index contributed by atoms with van der Waals surface area (Å²) in [5.74, 6) is 0.0159. The molecule has 2 atom stereocenters. The topological polar surface area (TPSA) is 69.7 Å². The number of likely N-dealkylation sites (tertiary alicyclic amines) is 1. The summed E-state index contributed by atoms with van der Waals surface area (Å²) in [5.41, 5.74) is 2.37. The van der Waals surface area contributed by atoms with Crippen molar-refractivity contribution in [3.8, 4) is 0 Å². The van der Waals surface area contributed by atoms with Gasteiger partial charge in [0.05, 0.1) is 6.26 Å². The number of benzene rings is 2. The molecule has 2 aromatic carbocycles. The summed E-state index contributed by atoms with van der Waals surface area (Å²) in [5, 5.41) is 0. The average molecular weight is 402 g/mol. The summed E-state index contributed by atoms with van der Waals surface area (Å²) in [4.78, 5) is 17.4. The zero-order valence-corrected chi connectivity index (χ0v) is 16.7. The molecular weight excluding hydrogens is 374 g/mol. The minimum Gasteiger partial charge on any atom is -0.336 e. The number of carbonyl (C=O) groups excluding carboxylic acids is 1. The minimum absolute atomic E-state index is 0. The van der Waals surface area contributed by atoms with Gasteiger partial charge in [-0.25, -0.2) is 8.42 Å². The van der Waals surface area contributed by atoms with Gasteiger partial charge in [0.15, 0.2) is 0 Å². The fourth-order valence-corrected chi connectivity index (χ4v) is 4.85. The van der Waals surface area contributed by atoms with E-state index in [-0.39, 0.29) is 7.33 Å². The molecule has 2 heterocycles. The van der Waals surface area contributed by atoms with Crippen LogP contribution in [0, 0.1) is 0 Å². The zero-order valence-electron chi connectivity index (χ0n) is 15.9. The molecule has 1 N–H and O–H groups in total. The van der Waals surface area contributed by atoms with Crippen molar-refractivity contribution in [3.05, 3.63) is 65.7 Å². The second-order valence-corrected chi connectivity index (χ2v) is 9.45. The highest BCUT2D eigenvalue weighted by molar-refractivity contribution is 7.92. The Kier molecular flexibility index (Phi) is 5.12. The first kappa shape index (κ1) is 19.0. The lowest BCUT2D eigenvalue weighted by Gasteiger charge is -2.41. The molecular formula is C21H27N3O3S. The van der Waals surface area contributed by atoms with Crippen LogP contribution in [-0.2, 0) is 16.6 Å². The van der Waals surface area contributed by atoms with Crippen LogP contribution in [0.2, 0.25) is 0 Å². The Balaban J connectivity index is 0.00000240. The van der Waals surface area contributed by atoms with Gasteiger partial charge in [-0.05, 0) is 42.7 Å². The summed E-state index contributed by atoms with van der Waals surface area (Å²) in [6, 6.07) is 17.9. The van der Waals surface area contributed by atoms with Crippen molar-refractivity contribution in [2.75, 3.05) is 24.1 Å². The lowest BCUT2D eigenvalue weighted by Crippen LogP contribution is -2.54. The third kappa shape index (κ3) is 4.20. The average Bonchev–Trinajstić information content (AvgIpc) is 2.89. The molecule has 0 spiro atoms. The fraction of sp³-hybridized carbons (Fsp3) is 0.381. The van der Waals surface area contributed by atoms with E-state index in [1.807, 2.05) is 11.0 Å². The number of amides is 1. The van der Waals surface area contributed by atoms with Crippen molar-refractivity contribution in [1.82, 2.24) is 9.80 Å². The molecule has 0 aromatic heterocycles. The quantitative estimate of drug-likeness (QED) is 0.836. The van der Waals surface area contributed by atoms with Gasteiger partial charge >= 0.3 is 0 Å². The molecule has 0 radical (unpaired) electrons. The van der Waals surface area contributed by atoms with Gasteiger partial charge in [0.1, 0.15) is 0 Å². The first-order valence-corrected chi connectivity index (χ1v) is 11.4. The van der Waals surface area contributed by atoms with Gasteiger partial charge in [-0.15, -0.1) is 0 Å². The Morgan fingerprint density at radius 3 is 2.21 bits per heavy atom. The summed E-state index contributed by atoms with van der Waals surface area (Å²) in [6.07, 6.45) is 3.35. The number of anilines is 1. The Labute approximate surface area is 167 Å². The third-order valence-electron chi connectivity index (χ3n) is 5.56. The van der Waals surface area contributed by atoms with Gasteiger partial charge < -0.3 is 4.90 Å². The summed E-state index contributed by atoms with van der Waals surface area (Å²) >= 11 is 0. The summed E-state index contributed by atoms with van der Waals surface area (Å²) in [6.45, 7) is 2.42. The van der Waals surface area contributed by atoms with Gasteiger partial charge in [0.25, 0.3) is 5.91 Å². The van der Waals surface area contributed by atoms with Crippen molar-refractivity contribution in [3.63, 3.8) is 0 Å². The molecule has 2 unspecified atom stereocenters. The van der Waals surface area contributed by atoms with Crippen LogP contribution in [0.15, 0.2) is 54.6 Å². The lowest BCUT2D eigenvalue weighted by atomic mass is 10.1. The van der Waals surface area contributed by atoms with E-state index in [9.17, 15) is 13.2 Å². The molecule has 2 aliphatic heterocycles. The van der Waals surface area contributed by atoms with Crippen LogP contribution in [0.4, 0.5) is 5.69 Å². The maximum Gasteiger partial charge on any atom is 0.253 e. The van der Waals surface area contributed by atoms with Gasteiger partial charge in [-0.3, -0.25) is 14.4 Å². The maximum atomic E-state index is 12.9. The van der Waals surface area contributed by atoms with Crippen molar-refractivity contribution >= 4 is 21.6 Å². The van der Waals surface area contributed by atoms with Crippen LogP contribution in [0.5, 0.6) is 0 Å². The van der Waals surface area contributed by atoms with Gasteiger partial charge in [0.2, 0.25) is 10.0 Å². The predicted molar refractivity (Wildman–Crippen MR) is 112 cm³/mol. The molecule has 2 aliphatic rings. The number of nitrogens with zero attached hydrogens (tertiary/aromatic N) is 2. The fourth-order valence-electron chi connectivity index (χ4n) is 4.29. The Morgan fingerprint density at radius 1 is 1.04 bits per heavy atom. The van der Waals surface area contributed by atoms with Crippen molar-refractivity contribution < 1.29 is 14.6 Å². The number of hydrogen-bond acceptors (Lipinski definition) is 4. The van der Waals surface area contributed by atoms with Crippen LogP contribution in [0.25, 0.3) is 0 Å². The van der Waals surface area contributed by atoms with Gasteiger partial charge in [-0.2, -0.15) is 0 Å². The molecule has 28 heavy (non-hydrogen) atoms. The zero-order chi connectivity index (χ0) is 19.7. The van der Waals surface area contributed by atoms with E-state index in [2.05, 4.69) is 33.9 Å². The van der Waals surface area contributed by atoms with Crippen LogP contribution >= 0.6 is 0 Å². The maximum absolute atomic E-state index is 12.9. The number of nitrogens with one attached hydrogen (secondary N) is 1. The van der Waals surface area contributed by atoms with E-state index in [0.717, 1.165) is 38.7 Å². The number of rotatable bonds is 5. The molecule has 0 aliphatic carbocycles. The van der Waals surface area contributed by atoms with E-state index in [1.54, 1.807) is 24.3 Å². The molecule has 2 saturated heterocycles. The third-order valence-corrected chi connectivity index (χ3v) is 6.17. The standard InChI is InChI=1S/C21H25N3O3S.H2/c1-28(26,27)22-18-9-7-17(8-10-18)21(25)23-14-19-11-12-20(15-23)24(19)13-16-5-3-2-4-6-16;/h2-10,19-20,22H,11-15H2,1H3;1H. The highest BCUT2D eigenvalue weighted by atomic mass is 32.2. The van der Waals surface area contributed by atoms with Crippen molar-refractivity contribution in [1.29, 1.82) is 0 Å². The molecule has 150 valence electrons. The van der Waals surface area contributed by atoms with Crippen molar-refractivity contribution in [2.45, 2.75) is 31.5 Å². The largest absolute Gasteiger partial charge is 0.336 e. The van der Waals surface area contributed by atoms with Crippen LogP contribution < -0.4 is 4.72 Å². The van der Waals surface area contributed by atoms with E-state index in [1.165, 1.54) is 5.56 Å². The second-order valence-electron chi connectivity index (χ2n) is 7.70. The highest BCUT2D eigenvalue weighted by Gasteiger charge is 2.41. The first-order valence-electron chi connectivity index (χ1n) is 9.56. The van der Waals surface area contributed by atoms with Crippen LogP contribution in [0.3, 0.4) is 0 Å². The molecule has 2 bridgehead atoms. The minimum atomic E-state index is -3.32. The second kappa shape index (κ2) is 7.56. The van der Waals surface area contributed by atoms with E-state index in [0.29, 0.717) is 23.3 Å². The van der Waals surface area contributed by atoms with E-state index in [4.69, 9.17) is 0 Å². The smallest absolute Gasteiger partial charge is 0.253 e. The SMILES string of the molecule is CS(=O)(=O)Nc1ccc(C(=O)N2CC3CCC(C2)N3Cc2ccccc2)cc1.[HH]. The highest BCUT2D eigenvalue weighted by Crippen LogP contribution is 2.32. The first-order chi connectivity index (χ1) is 13.4. The Bertz CT molecular complexity index is 937. The molecule has 2 fully saturated rings. The molecule has 2 aromatic rings. The van der Waals surface area contributed by atoms with Gasteiger partial charge in [-0.1, -0.05) is 30.3 Å². The molecule has 6 nitrogen and oxygen atoms in total. The molecule has 7 heteroatoms. The number of carbonyl (C=O) groups is 1. The normalized spacial score (nSPS) is 22.2. The number of sulfonamides is 1. The molecule has 0 saturated carbocycles. The molecule has 4 rings (SSSR count). The lowest BCUT2D eigenvalue weighted by molar-refractivity contribution is 0.0424. The van der Waals surface area contributed by atoms with Crippen LogP contribution in [0.1, 0.15) is 30.2 Å². The van der Waals surface area contributed by atoms with Gasteiger partial charge in [0, 0.05) is 44.4 Å². The summed E-state index contributed by atoms with van der Waals surface area (Å²) < 4.78 is 25.1. The Morgan fingerprint density at radius 2 is 1.64 bits per heavy atom. The van der Waals surface area contributed by atoms with Crippen molar-refractivity contribution in [2.24, 2.45) is 0 Å². The monoisotopic (exact) mass is 401 g/mol. The van der Waals surface area contributed by atoms with Crippen LogP contribution in [-0.4, -0.2) is 55.6 Å². The molecule has 1 amide bonds. The van der Waals surface area contributed by atoms with E-state index < -0.39 is 10.0 Å².